The van der Waals surface area contributed by atoms with E-state index < -0.39 is 0 Å². The maximum atomic E-state index is 14.4. The van der Waals surface area contributed by atoms with Crippen LogP contribution in [-0.2, 0) is 4.79 Å². The molecule has 2 N–H and O–H groups in total. The number of H-pyrrole nitrogens is 1. The van der Waals surface area contributed by atoms with Crippen molar-refractivity contribution in [2.45, 2.75) is 285 Å². The van der Waals surface area contributed by atoms with E-state index in [0.29, 0.717) is 49.1 Å². The molecular formula is C92H126N4O6. The summed E-state index contributed by atoms with van der Waals surface area (Å²) in [5.41, 5.74) is 10.7. The third-order valence-electron chi connectivity index (χ3n) is 20.0. The van der Waals surface area contributed by atoms with Crippen molar-refractivity contribution in [2.24, 2.45) is 9.98 Å². The molecule has 0 radical (unpaired) electrons. The number of hydrogen-bond acceptors (Lipinski definition) is 8. The fourth-order valence-corrected chi connectivity index (χ4v) is 13.9. The number of rotatable bonds is 56. The van der Waals surface area contributed by atoms with Gasteiger partial charge in [0.15, 0.2) is 0 Å². The van der Waals surface area contributed by atoms with Crippen LogP contribution in [0, 0.1) is 0 Å². The van der Waals surface area contributed by atoms with Crippen molar-refractivity contribution in [3.63, 3.8) is 0 Å². The van der Waals surface area contributed by atoms with Gasteiger partial charge in [-0.05, 0) is 146 Å². The van der Waals surface area contributed by atoms with Crippen LogP contribution in [0.2, 0.25) is 0 Å². The van der Waals surface area contributed by atoms with E-state index in [1.165, 1.54) is 212 Å². The van der Waals surface area contributed by atoms with Gasteiger partial charge < -0.3 is 29.2 Å². The first kappa shape index (κ1) is 80.0. The zero-order valence-corrected chi connectivity index (χ0v) is 63.3. The predicted octanol–water partition coefficient (Wildman–Crippen LogP) is 25.7. The second kappa shape index (κ2) is 48.3. The number of allylic oxidation sites excluding steroid dienone is 6. The SMILES string of the molecule is CCCCCCCCCCCCOc1ccc(C(=O)C2=N/C(=C(\c3ccc(OCCCCCCCCCCCC)cc3)c3ccc(/C(=C4/C=CC(C(=C5/C=CC(=O)N5)/c5ccc(OCCCCCCCCCCCC)cc5)=N4)c4ccc(OCCCCCCCCCCCC)cc4)[nH]3)C=C2)cc1. The lowest BCUT2D eigenvalue weighted by atomic mass is 9.98. The summed E-state index contributed by atoms with van der Waals surface area (Å²) in [6.07, 6.45) is 62.3. The first-order valence-corrected chi connectivity index (χ1v) is 40.8. The van der Waals surface area contributed by atoms with Gasteiger partial charge in [-0.1, -0.05) is 295 Å². The molecule has 102 heavy (non-hydrogen) atoms. The summed E-state index contributed by atoms with van der Waals surface area (Å²) in [5, 5.41) is 3.10. The Kier molecular flexibility index (Phi) is 37.8. The summed E-state index contributed by atoms with van der Waals surface area (Å²) in [5.74, 6) is 2.91. The number of carbonyl (C=O) groups is 2. The van der Waals surface area contributed by atoms with Gasteiger partial charge in [-0.3, -0.25) is 9.59 Å². The van der Waals surface area contributed by atoms with E-state index in [2.05, 4.69) is 105 Å². The smallest absolute Gasteiger partial charge is 0.248 e. The number of aromatic nitrogens is 1. The number of nitrogens with zero attached hydrogens (tertiary/aromatic N) is 2. The Balaban J connectivity index is 1.04. The topological polar surface area (TPSA) is 124 Å². The van der Waals surface area contributed by atoms with E-state index in [1.807, 2.05) is 72.8 Å². The van der Waals surface area contributed by atoms with E-state index in [0.717, 1.165) is 124 Å². The van der Waals surface area contributed by atoms with Crippen LogP contribution in [-0.4, -0.2) is 54.5 Å². The molecule has 1 aromatic heterocycles. The number of amides is 1. The summed E-state index contributed by atoms with van der Waals surface area (Å²) in [4.78, 5) is 41.8. The second-order valence-corrected chi connectivity index (χ2v) is 28.6. The van der Waals surface area contributed by atoms with Crippen molar-refractivity contribution in [3.8, 4) is 23.0 Å². The predicted molar refractivity (Wildman–Crippen MR) is 430 cm³/mol. The zero-order chi connectivity index (χ0) is 71.3. The third kappa shape index (κ3) is 28.5. The van der Waals surface area contributed by atoms with Crippen molar-refractivity contribution in [2.75, 3.05) is 26.4 Å². The van der Waals surface area contributed by atoms with Crippen molar-refractivity contribution in [3.05, 3.63) is 196 Å². The number of aliphatic imine (C=N–C) groups is 2. The van der Waals surface area contributed by atoms with Gasteiger partial charge in [-0.25, -0.2) is 9.98 Å². The van der Waals surface area contributed by atoms with Gasteiger partial charge in [0.2, 0.25) is 11.7 Å². The molecule has 4 heterocycles. The number of unbranched alkanes of at least 4 members (excludes halogenated alkanes) is 36. The molecule has 4 aromatic carbocycles. The third-order valence-corrected chi connectivity index (χ3v) is 20.0. The van der Waals surface area contributed by atoms with Gasteiger partial charge in [-0.2, -0.15) is 0 Å². The van der Waals surface area contributed by atoms with Crippen LogP contribution in [0.4, 0.5) is 0 Å². The minimum absolute atomic E-state index is 0.153. The minimum atomic E-state index is -0.171. The van der Waals surface area contributed by atoms with Crippen LogP contribution in [0.1, 0.15) is 323 Å². The van der Waals surface area contributed by atoms with Crippen LogP contribution in [0.5, 0.6) is 23.0 Å². The minimum Gasteiger partial charge on any atom is -0.494 e. The zero-order valence-electron chi connectivity index (χ0n) is 63.3. The molecule has 5 aromatic rings. The lowest BCUT2D eigenvalue weighted by Crippen LogP contribution is -2.16. The summed E-state index contributed by atoms with van der Waals surface area (Å²) < 4.78 is 25.2. The molecule has 3 aliphatic rings. The summed E-state index contributed by atoms with van der Waals surface area (Å²) >= 11 is 0. The van der Waals surface area contributed by atoms with Crippen LogP contribution < -0.4 is 24.3 Å². The second-order valence-electron chi connectivity index (χ2n) is 28.6. The maximum Gasteiger partial charge on any atom is 0.248 e. The number of hydrogen-bond donors (Lipinski definition) is 2. The highest BCUT2D eigenvalue weighted by atomic mass is 16.5. The molecule has 10 nitrogen and oxygen atoms in total. The van der Waals surface area contributed by atoms with Crippen LogP contribution in [0.3, 0.4) is 0 Å². The van der Waals surface area contributed by atoms with E-state index in [9.17, 15) is 9.59 Å². The van der Waals surface area contributed by atoms with E-state index in [4.69, 9.17) is 28.9 Å². The van der Waals surface area contributed by atoms with E-state index in [-0.39, 0.29) is 11.7 Å². The Morgan fingerprint density at radius 2 is 0.569 bits per heavy atom. The lowest BCUT2D eigenvalue weighted by Gasteiger charge is -2.13. The summed E-state index contributed by atoms with van der Waals surface area (Å²) in [7, 11) is 0. The van der Waals surface area contributed by atoms with Crippen LogP contribution in [0.15, 0.2) is 173 Å². The number of aromatic amines is 1. The molecule has 0 bridgehead atoms. The van der Waals surface area contributed by atoms with Gasteiger partial charge in [0, 0.05) is 39.7 Å². The van der Waals surface area contributed by atoms with E-state index in [1.54, 1.807) is 6.08 Å². The standard InChI is InChI=1S/C92H126N4O6/c1-5-9-13-17-21-25-29-33-37-41-69-99-77-53-45-73(46-54-77)89(82-63-64-84(94-82)91(86-67-68-88(97)96-86)75-49-57-79(58-50-75)101-71-43-39-35-31-27-23-19-15-11-7-3)81-61-62-83(93-81)90(74-47-55-78(56-48-74)100-70-42-38-34-30-26-22-18-14-10-6-2)85-65-66-87(95-85)92(98)76-51-59-80(60-52-76)102-72-44-40-36-32-28-24-20-16-12-8-4/h45-68,93H,5-44,69-72H2,1-4H3,(H,96,97)/b89-82-,90-85+,91-86-. The molecule has 0 saturated heterocycles. The first-order chi connectivity index (χ1) is 50.3. The van der Waals surface area contributed by atoms with Crippen LogP contribution >= 0.6 is 0 Å². The average Bonchev–Trinajstić information content (AvgIpc) is 1.62. The Labute approximate surface area is 615 Å². The average molecular weight is 1380 g/mol. The van der Waals surface area contributed by atoms with Gasteiger partial charge >= 0.3 is 0 Å². The highest BCUT2D eigenvalue weighted by molar-refractivity contribution is 6.50. The molecule has 1 amide bonds. The number of benzene rings is 4. The molecule has 8 rings (SSSR count). The Bertz CT molecular complexity index is 3480. The molecular weight excluding hydrogens is 1260 g/mol. The monoisotopic (exact) mass is 1380 g/mol. The molecule has 550 valence electrons. The fraction of sp³-hybridized carbons (Fsp3) is 0.522. The van der Waals surface area contributed by atoms with Gasteiger partial charge in [0.25, 0.3) is 0 Å². The molecule has 0 saturated carbocycles. The summed E-state index contributed by atoms with van der Waals surface area (Å²) in [6.45, 7) is 11.8. The number of nitrogens with one attached hydrogen (secondary N) is 2. The normalized spacial score (nSPS) is 14.7. The van der Waals surface area contributed by atoms with E-state index >= 15 is 0 Å². The van der Waals surface area contributed by atoms with Gasteiger partial charge in [0.1, 0.15) is 28.7 Å². The molecule has 3 aliphatic heterocycles. The molecule has 0 aliphatic carbocycles. The van der Waals surface area contributed by atoms with Gasteiger partial charge in [0.05, 0.1) is 49.2 Å². The number of ether oxygens (including phenoxy) is 4. The maximum absolute atomic E-state index is 14.4. The number of carbonyl (C=O) groups excluding carboxylic acids is 2. The highest BCUT2D eigenvalue weighted by Crippen LogP contribution is 2.38. The highest BCUT2D eigenvalue weighted by Gasteiger charge is 2.25. The van der Waals surface area contributed by atoms with Crippen molar-refractivity contribution in [1.82, 2.24) is 10.3 Å². The largest absolute Gasteiger partial charge is 0.494 e. The molecule has 0 spiro atoms. The Morgan fingerprint density at radius 1 is 0.294 bits per heavy atom. The molecule has 0 fully saturated rings. The van der Waals surface area contributed by atoms with Crippen molar-refractivity contribution in [1.29, 1.82) is 0 Å². The van der Waals surface area contributed by atoms with Gasteiger partial charge in [-0.15, -0.1) is 0 Å². The Hall–Kier alpha value is -7.72. The van der Waals surface area contributed by atoms with Crippen molar-refractivity contribution < 1.29 is 28.5 Å². The number of ketones is 1. The molecule has 10 heteroatoms. The number of Topliss-reactive ketones (excluding diaryl/α,β-unsaturated/α-hetero) is 1. The lowest BCUT2D eigenvalue weighted by molar-refractivity contribution is -0.115. The first-order valence-electron chi connectivity index (χ1n) is 40.8. The fourth-order valence-electron chi connectivity index (χ4n) is 13.9. The molecule has 0 atom stereocenters. The quantitative estimate of drug-likeness (QED) is 0.0295. The van der Waals surface area contributed by atoms with Crippen molar-refractivity contribution >= 4 is 39.8 Å². The van der Waals surface area contributed by atoms with Crippen LogP contribution in [0.25, 0.3) is 16.7 Å². The molecule has 0 unspecified atom stereocenters. The summed E-state index contributed by atoms with van der Waals surface area (Å²) in [6, 6.07) is 36.6. The Morgan fingerprint density at radius 3 is 0.873 bits per heavy atom.